The van der Waals surface area contributed by atoms with Crippen molar-refractivity contribution in [1.29, 1.82) is 0 Å². The third-order valence-electron chi connectivity index (χ3n) is 3.80. The van der Waals surface area contributed by atoms with Crippen molar-refractivity contribution in [3.63, 3.8) is 0 Å². The maximum absolute atomic E-state index is 12.5. The summed E-state index contributed by atoms with van der Waals surface area (Å²) in [6.45, 7) is 6.06. The molecule has 0 aliphatic heterocycles. The Morgan fingerprint density at radius 3 is 2.09 bits per heavy atom. The van der Waals surface area contributed by atoms with Crippen LogP contribution < -0.4 is 0 Å². The fraction of sp³-hybridized carbons (Fsp3) is 0.278. The van der Waals surface area contributed by atoms with Crippen LogP contribution in [0.5, 0.6) is 0 Å². The van der Waals surface area contributed by atoms with Crippen molar-refractivity contribution in [3.05, 3.63) is 54.1 Å². The van der Waals surface area contributed by atoms with E-state index in [1.807, 2.05) is 32.0 Å². The lowest BCUT2D eigenvalue weighted by molar-refractivity contribution is 0.101. The minimum absolute atomic E-state index is 0.00702. The van der Waals surface area contributed by atoms with Gasteiger partial charge >= 0.3 is 0 Å². The van der Waals surface area contributed by atoms with Crippen LogP contribution in [0.1, 0.15) is 31.1 Å². The Balaban J connectivity index is 2.37. The molecule has 2 aromatic rings. The number of sulfonamides is 1. The van der Waals surface area contributed by atoms with Gasteiger partial charge in [-0.1, -0.05) is 44.2 Å². The number of rotatable bonds is 6. The van der Waals surface area contributed by atoms with E-state index < -0.39 is 10.0 Å². The molecule has 0 unspecified atom stereocenters. The molecular formula is C18H21NO3S. The van der Waals surface area contributed by atoms with E-state index in [2.05, 4.69) is 0 Å². The van der Waals surface area contributed by atoms with Crippen LogP contribution in [0.3, 0.4) is 0 Å². The van der Waals surface area contributed by atoms with Gasteiger partial charge in [0.2, 0.25) is 10.0 Å². The quantitative estimate of drug-likeness (QED) is 0.760. The lowest BCUT2D eigenvalue weighted by Crippen LogP contribution is -2.30. The van der Waals surface area contributed by atoms with Crippen molar-refractivity contribution in [2.75, 3.05) is 13.1 Å². The molecule has 0 amide bonds. The topological polar surface area (TPSA) is 54.5 Å². The predicted molar refractivity (Wildman–Crippen MR) is 92.0 cm³/mol. The van der Waals surface area contributed by atoms with Crippen LogP contribution in [0, 0.1) is 0 Å². The Morgan fingerprint density at radius 2 is 1.57 bits per heavy atom. The third kappa shape index (κ3) is 3.68. The van der Waals surface area contributed by atoms with Gasteiger partial charge in [-0.3, -0.25) is 4.79 Å². The van der Waals surface area contributed by atoms with Crippen molar-refractivity contribution >= 4 is 15.8 Å². The minimum atomic E-state index is -3.44. The van der Waals surface area contributed by atoms with E-state index in [-0.39, 0.29) is 10.7 Å². The number of hydrogen-bond acceptors (Lipinski definition) is 3. The van der Waals surface area contributed by atoms with Gasteiger partial charge in [0.05, 0.1) is 4.90 Å². The summed E-state index contributed by atoms with van der Waals surface area (Å²) in [4.78, 5) is 11.8. The number of Topliss-reactive ketones (excluding diaryl/α,β-unsaturated/α-hetero) is 1. The summed E-state index contributed by atoms with van der Waals surface area (Å²) in [5, 5.41) is 0. The molecule has 5 heteroatoms. The monoisotopic (exact) mass is 331 g/mol. The summed E-state index contributed by atoms with van der Waals surface area (Å²) in [6, 6.07) is 14.1. The van der Waals surface area contributed by atoms with E-state index in [0.717, 1.165) is 11.1 Å². The van der Waals surface area contributed by atoms with Crippen LogP contribution in [-0.4, -0.2) is 31.6 Å². The lowest BCUT2D eigenvalue weighted by Gasteiger charge is -2.18. The Bertz CT molecular complexity index is 791. The van der Waals surface area contributed by atoms with Crippen molar-refractivity contribution in [2.45, 2.75) is 25.7 Å². The molecule has 0 aromatic heterocycles. The number of hydrogen-bond donors (Lipinski definition) is 0. The highest BCUT2D eigenvalue weighted by molar-refractivity contribution is 7.89. The maximum atomic E-state index is 12.5. The van der Waals surface area contributed by atoms with Gasteiger partial charge in [-0.15, -0.1) is 0 Å². The van der Waals surface area contributed by atoms with Gasteiger partial charge in [0.25, 0.3) is 0 Å². The van der Waals surface area contributed by atoms with E-state index in [1.54, 1.807) is 30.3 Å². The van der Waals surface area contributed by atoms with Crippen LogP contribution in [0.4, 0.5) is 0 Å². The summed E-state index contributed by atoms with van der Waals surface area (Å²) in [6.07, 6.45) is 0. The zero-order chi connectivity index (χ0) is 17.0. The molecule has 0 bridgehead atoms. The second-order valence-corrected chi connectivity index (χ2v) is 7.19. The van der Waals surface area contributed by atoms with Gasteiger partial charge in [-0.05, 0) is 36.2 Å². The number of ketones is 1. The lowest BCUT2D eigenvalue weighted by atomic mass is 10.0. The number of benzene rings is 2. The summed E-state index contributed by atoms with van der Waals surface area (Å²) in [7, 11) is -3.44. The Labute approximate surface area is 137 Å². The van der Waals surface area contributed by atoms with Crippen LogP contribution in [0.2, 0.25) is 0 Å². The molecule has 0 fully saturated rings. The first-order valence-corrected chi connectivity index (χ1v) is 9.05. The highest BCUT2D eigenvalue weighted by atomic mass is 32.2. The second kappa shape index (κ2) is 7.06. The number of carbonyl (C=O) groups is 1. The molecule has 0 heterocycles. The van der Waals surface area contributed by atoms with E-state index in [9.17, 15) is 13.2 Å². The first-order chi connectivity index (χ1) is 10.9. The van der Waals surface area contributed by atoms with Gasteiger partial charge < -0.3 is 0 Å². The highest BCUT2D eigenvalue weighted by Crippen LogP contribution is 2.24. The van der Waals surface area contributed by atoms with Crippen LogP contribution in [0.15, 0.2) is 53.4 Å². The van der Waals surface area contributed by atoms with Crippen LogP contribution in [-0.2, 0) is 10.0 Å². The standard InChI is InChI=1S/C18H21NO3S/c1-4-19(5-2)23(21,22)18-11-9-15(10-12-18)17-8-6-7-16(13-17)14(3)20/h6-13H,4-5H2,1-3H3. The molecule has 0 spiro atoms. The van der Waals surface area contributed by atoms with E-state index >= 15 is 0 Å². The van der Waals surface area contributed by atoms with E-state index in [4.69, 9.17) is 0 Å². The molecule has 0 aliphatic rings. The smallest absolute Gasteiger partial charge is 0.243 e. The summed E-state index contributed by atoms with van der Waals surface area (Å²) < 4.78 is 26.4. The zero-order valence-electron chi connectivity index (χ0n) is 13.6. The van der Waals surface area contributed by atoms with Crippen LogP contribution in [0.25, 0.3) is 11.1 Å². The predicted octanol–water partition coefficient (Wildman–Crippen LogP) is 3.59. The second-order valence-electron chi connectivity index (χ2n) is 5.25. The largest absolute Gasteiger partial charge is 0.295 e. The number of carbonyl (C=O) groups excluding carboxylic acids is 1. The van der Waals surface area contributed by atoms with Crippen molar-refractivity contribution in [2.24, 2.45) is 0 Å². The first kappa shape index (κ1) is 17.4. The summed E-state index contributed by atoms with van der Waals surface area (Å²) >= 11 is 0. The first-order valence-electron chi connectivity index (χ1n) is 7.61. The van der Waals surface area contributed by atoms with Gasteiger partial charge in [0.15, 0.2) is 5.78 Å². The summed E-state index contributed by atoms with van der Waals surface area (Å²) in [5.74, 6) is 0.00702. The van der Waals surface area contributed by atoms with E-state index in [1.165, 1.54) is 11.2 Å². The molecule has 4 nitrogen and oxygen atoms in total. The highest BCUT2D eigenvalue weighted by Gasteiger charge is 2.21. The van der Waals surface area contributed by atoms with Gasteiger partial charge in [0, 0.05) is 18.7 Å². The maximum Gasteiger partial charge on any atom is 0.243 e. The van der Waals surface area contributed by atoms with Crippen LogP contribution >= 0.6 is 0 Å². The molecule has 0 aliphatic carbocycles. The molecule has 0 atom stereocenters. The molecule has 23 heavy (non-hydrogen) atoms. The van der Waals surface area contributed by atoms with Gasteiger partial charge in [-0.2, -0.15) is 4.31 Å². The zero-order valence-corrected chi connectivity index (χ0v) is 14.4. The molecule has 2 aromatic carbocycles. The SMILES string of the molecule is CCN(CC)S(=O)(=O)c1ccc(-c2cccc(C(C)=O)c2)cc1. The molecule has 0 saturated carbocycles. The fourth-order valence-electron chi connectivity index (χ4n) is 2.45. The fourth-order valence-corrected chi connectivity index (χ4v) is 3.91. The molecule has 122 valence electrons. The number of nitrogens with zero attached hydrogens (tertiary/aromatic N) is 1. The Morgan fingerprint density at radius 1 is 0.957 bits per heavy atom. The molecular weight excluding hydrogens is 310 g/mol. The minimum Gasteiger partial charge on any atom is -0.295 e. The average molecular weight is 331 g/mol. The van der Waals surface area contributed by atoms with Crippen molar-refractivity contribution in [3.8, 4) is 11.1 Å². The molecule has 2 rings (SSSR count). The van der Waals surface area contributed by atoms with Gasteiger partial charge in [0.1, 0.15) is 0 Å². The normalized spacial score (nSPS) is 11.7. The molecule has 0 N–H and O–H groups in total. The Kier molecular flexibility index (Phi) is 5.34. The van der Waals surface area contributed by atoms with Crippen molar-refractivity contribution in [1.82, 2.24) is 4.31 Å². The molecule has 0 saturated heterocycles. The van der Waals surface area contributed by atoms with Gasteiger partial charge in [-0.25, -0.2) is 8.42 Å². The third-order valence-corrected chi connectivity index (χ3v) is 5.86. The van der Waals surface area contributed by atoms with E-state index in [0.29, 0.717) is 18.7 Å². The Hall–Kier alpha value is -1.98. The molecule has 0 radical (unpaired) electrons. The average Bonchev–Trinajstić information content (AvgIpc) is 2.56. The van der Waals surface area contributed by atoms with Crippen molar-refractivity contribution < 1.29 is 13.2 Å². The summed E-state index contributed by atoms with van der Waals surface area (Å²) in [5.41, 5.74) is 2.42.